The monoisotopic (exact) mass is 270 g/mol. The maximum Gasteiger partial charge on any atom is 0.122 e. The number of hydrogen-bond donors (Lipinski definition) is 1. The molecule has 0 bridgehead atoms. The first-order chi connectivity index (χ1) is 8.76. The minimum Gasteiger partial charge on any atom is -0.374 e. The van der Waals surface area contributed by atoms with Crippen molar-refractivity contribution in [2.75, 3.05) is 13.7 Å². The first kappa shape index (κ1) is 15.6. The average molecular weight is 270 g/mol. The first-order valence-electron chi connectivity index (χ1n) is 6.98. The predicted molar refractivity (Wildman–Crippen MR) is 78.1 cm³/mol. The van der Waals surface area contributed by atoms with Crippen LogP contribution < -0.4 is 5.32 Å². The second kappa shape index (κ2) is 8.62. The summed E-state index contributed by atoms with van der Waals surface area (Å²) < 4.78 is 5.54. The van der Waals surface area contributed by atoms with Gasteiger partial charge in [0.1, 0.15) is 11.1 Å². The van der Waals surface area contributed by atoms with Gasteiger partial charge in [-0.05, 0) is 25.8 Å². The molecule has 18 heavy (non-hydrogen) atoms. The Morgan fingerprint density at radius 2 is 2.06 bits per heavy atom. The van der Waals surface area contributed by atoms with Crippen LogP contribution in [0.5, 0.6) is 0 Å². The van der Waals surface area contributed by atoms with Gasteiger partial charge in [-0.1, -0.05) is 27.2 Å². The van der Waals surface area contributed by atoms with E-state index in [1.54, 1.807) is 7.11 Å². The lowest BCUT2D eigenvalue weighted by Gasteiger charge is -2.10. The van der Waals surface area contributed by atoms with E-state index in [0.29, 0.717) is 0 Å². The van der Waals surface area contributed by atoms with Crippen molar-refractivity contribution in [2.24, 2.45) is 0 Å². The van der Waals surface area contributed by atoms with E-state index >= 15 is 0 Å². The number of thiazole rings is 1. The van der Waals surface area contributed by atoms with E-state index in [-0.39, 0.29) is 6.10 Å². The minimum atomic E-state index is 0.172. The standard InChI is InChI=1S/C14H26N2OS/c1-5-8-12(17-4)14-16-11(7-3)13(18-14)10-15-9-6-2/h12,15H,5-10H2,1-4H3. The Bertz CT molecular complexity index is 339. The summed E-state index contributed by atoms with van der Waals surface area (Å²) in [5.41, 5.74) is 1.23. The number of hydrogen-bond acceptors (Lipinski definition) is 4. The Morgan fingerprint density at radius 1 is 1.28 bits per heavy atom. The lowest BCUT2D eigenvalue weighted by Crippen LogP contribution is -2.13. The fourth-order valence-corrected chi connectivity index (χ4v) is 3.17. The van der Waals surface area contributed by atoms with Gasteiger partial charge in [-0.3, -0.25) is 0 Å². The number of aryl methyl sites for hydroxylation is 1. The van der Waals surface area contributed by atoms with Crippen LogP contribution in [0.4, 0.5) is 0 Å². The van der Waals surface area contributed by atoms with Crippen LogP contribution in [0.3, 0.4) is 0 Å². The summed E-state index contributed by atoms with van der Waals surface area (Å²) in [4.78, 5) is 6.12. The molecule has 0 radical (unpaired) electrons. The van der Waals surface area contributed by atoms with Crippen molar-refractivity contribution in [3.8, 4) is 0 Å². The van der Waals surface area contributed by atoms with Crippen LogP contribution in [-0.4, -0.2) is 18.6 Å². The molecule has 0 aliphatic heterocycles. The van der Waals surface area contributed by atoms with E-state index in [1.807, 2.05) is 11.3 Å². The Labute approximate surface area is 115 Å². The molecule has 1 rings (SSSR count). The second-order valence-corrected chi connectivity index (χ2v) is 5.58. The van der Waals surface area contributed by atoms with Crippen LogP contribution in [0.2, 0.25) is 0 Å². The molecule has 1 heterocycles. The molecule has 0 amide bonds. The molecule has 0 aromatic carbocycles. The molecule has 1 aromatic rings. The summed E-state index contributed by atoms with van der Waals surface area (Å²) in [6.45, 7) is 8.55. The lowest BCUT2D eigenvalue weighted by atomic mass is 10.2. The molecule has 0 fully saturated rings. The minimum absolute atomic E-state index is 0.172. The van der Waals surface area contributed by atoms with Gasteiger partial charge in [-0.25, -0.2) is 4.98 Å². The third-order valence-corrected chi connectivity index (χ3v) is 4.14. The summed E-state index contributed by atoms with van der Waals surface area (Å²) in [5.74, 6) is 0. The number of aromatic nitrogens is 1. The summed E-state index contributed by atoms with van der Waals surface area (Å²) in [6, 6.07) is 0. The SMILES string of the molecule is CCCNCc1sc(C(CCC)OC)nc1CC. The highest BCUT2D eigenvalue weighted by molar-refractivity contribution is 7.11. The zero-order valence-corrected chi connectivity index (χ0v) is 12.9. The number of methoxy groups -OCH3 is 1. The zero-order valence-electron chi connectivity index (χ0n) is 12.1. The topological polar surface area (TPSA) is 34.1 Å². The van der Waals surface area contributed by atoms with Gasteiger partial charge < -0.3 is 10.1 Å². The second-order valence-electron chi connectivity index (χ2n) is 4.47. The van der Waals surface area contributed by atoms with Gasteiger partial charge in [-0.2, -0.15) is 0 Å². The molecule has 0 saturated heterocycles. The van der Waals surface area contributed by atoms with Crippen molar-refractivity contribution in [2.45, 2.75) is 59.1 Å². The molecule has 4 heteroatoms. The Morgan fingerprint density at radius 3 is 2.61 bits per heavy atom. The molecule has 0 aliphatic carbocycles. The van der Waals surface area contributed by atoms with Gasteiger partial charge in [0.25, 0.3) is 0 Å². The molecule has 3 nitrogen and oxygen atoms in total. The van der Waals surface area contributed by atoms with Gasteiger partial charge in [0.2, 0.25) is 0 Å². The Hall–Kier alpha value is -0.450. The third kappa shape index (κ3) is 4.34. The predicted octanol–water partition coefficient (Wildman–Crippen LogP) is 3.69. The molecule has 0 aliphatic rings. The molecule has 1 unspecified atom stereocenters. The van der Waals surface area contributed by atoms with Gasteiger partial charge in [0.05, 0.1) is 5.69 Å². The summed E-state index contributed by atoms with van der Waals surface area (Å²) in [6.07, 6.45) is 4.52. The van der Waals surface area contributed by atoms with E-state index in [0.717, 1.165) is 37.4 Å². The molecule has 0 spiro atoms. The molecule has 0 saturated carbocycles. The first-order valence-corrected chi connectivity index (χ1v) is 7.80. The number of rotatable bonds is 9. The maximum atomic E-state index is 5.54. The third-order valence-electron chi connectivity index (χ3n) is 2.95. The molecule has 104 valence electrons. The van der Waals surface area contributed by atoms with Crippen LogP contribution in [0.1, 0.15) is 61.7 Å². The van der Waals surface area contributed by atoms with E-state index in [4.69, 9.17) is 9.72 Å². The van der Waals surface area contributed by atoms with Gasteiger partial charge in [-0.15, -0.1) is 11.3 Å². The zero-order chi connectivity index (χ0) is 13.4. The summed E-state index contributed by atoms with van der Waals surface area (Å²) in [7, 11) is 1.78. The quantitative estimate of drug-likeness (QED) is 0.695. The Balaban J connectivity index is 2.75. The van der Waals surface area contributed by atoms with E-state index < -0.39 is 0 Å². The highest BCUT2D eigenvalue weighted by Crippen LogP contribution is 2.29. The number of nitrogens with zero attached hydrogens (tertiary/aromatic N) is 1. The van der Waals surface area contributed by atoms with Crippen molar-refractivity contribution >= 4 is 11.3 Å². The van der Waals surface area contributed by atoms with E-state index in [9.17, 15) is 0 Å². The van der Waals surface area contributed by atoms with Gasteiger partial charge in [0.15, 0.2) is 0 Å². The summed E-state index contributed by atoms with van der Waals surface area (Å²) in [5, 5.41) is 4.60. The van der Waals surface area contributed by atoms with E-state index in [1.165, 1.54) is 17.0 Å². The van der Waals surface area contributed by atoms with Gasteiger partial charge >= 0.3 is 0 Å². The van der Waals surface area contributed by atoms with E-state index in [2.05, 4.69) is 26.1 Å². The van der Waals surface area contributed by atoms with Crippen LogP contribution in [-0.2, 0) is 17.7 Å². The van der Waals surface area contributed by atoms with Crippen LogP contribution >= 0.6 is 11.3 Å². The number of ether oxygens (including phenoxy) is 1. The number of nitrogens with one attached hydrogen (secondary N) is 1. The summed E-state index contributed by atoms with van der Waals surface area (Å²) >= 11 is 1.81. The van der Waals surface area contributed by atoms with Crippen molar-refractivity contribution in [1.82, 2.24) is 10.3 Å². The van der Waals surface area contributed by atoms with Crippen molar-refractivity contribution in [3.05, 3.63) is 15.6 Å². The van der Waals surface area contributed by atoms with Crippen LogP contribution in [0.25, 0.3) is 0 Å². The largest absolute Gasteiger partial charge is 0.374 e. The molecule has 1 N–H and O–H groups in total. The highest BCUT2D eigenvalue weighted by atomic mass is 32.1. The fraction of sp³-hybridized carbons (Fsp3) is 0.786. The Kier molecular flexibility index (Phi) is 7.47. The fourth-order valence-electron chi connectivity index (χ4n) is 1.94. The molecular formula is C14H26N2OS. The average Bonchev–Trinajstić information content (AvgIpc) is 2.79. The normalized spacial score (nSPS) is 12.9. The van der Waals surface area contributed by atoms with Gasteiger partial charge in [0, 0.05) is 18.5 Å². The van der Waals surface area contributed by atoms with Crippen LogP contribution in [0.15, 0.2) is 0 Å². The molecular weight excluding hydrogens is 244 g/mol. The van der Waals surface area contributed by atoms with Crippen molar-refractivity contribution in [1.29, 1.82) is 0 Å². The smallest absolute Gasteiger partial charge is 0.122 e. The molecule has 1 aromatic heterocycles. The lowest BCUT2D eigenvalue weighted by molar-refractivity contribution is 0.0946. The highest BCUT2D eigenvalue weighted by Gasteiger charge is 2.17. The molecule has 1 atom stereocenters. The maximum absolute atomic E-state index is 5.54. The van der Waals surface area contributed by atoms with Crippen molar-refractivity contribution < 1.29 is 4.74 Å². The van der Waals surface area contributed by atoms with Crippen LogP contribution in [0, 0.1) is 0 Å². The van der Waals surface area contributed by atoms with Crippen molar-refractivity contribution in [3.63, 3.8) is 0 Å².